The maximum absolute atomic E-state index is 5.62. The number of benzene rings is 1. The van der Waals surface area contributed by atoms with E-state index in [9.17, 15) is 0 Å². The van der Waals surface area contributed by atoms with Crippen LogP contribution in [0.4, 0.5) is 5.69 Å². The summed E-state index contributed by atoms with van der Waals surface area (Å²) >= 11 is 0. The Morgan fingerprint density at radius 1 is 1.00 bits per heavy atom. The van der Waals surface area contributed by atoms with Gasteiger partial charge in [0.1, 0.15) is 11.5 Å². The average molecular weight is 229 g/mol. The van der Waals surface area contributed by atoms with Gasteiger partial charge in [-0.1, -0.05) is 6.07 Å². The number of hydrogen-bond donors (Lipinski definition) is 1. The maximum Gasteiger partial charge on any atom is 0.126 e. The highest BCUT2D eigenvalue weighted by Crippen LogP contribution is 2.22. The van der Waals surface area contributed by atoms with E-state index >= 15 is 0 Å². The van der Waals surface area contributed by atoms with Gasteiger partial charge >= 0.3 is 0 Å². The Kier molecular flexibility index (Phi) is 3.23. The lowest BCUT2D eigenvalue weighted by molar-refractivity contribution is 0.467. The molecule has 0 amide bonds. The van der Waals surface area contributed by atoms with Crippen LogP contribution in [0.15, 0.2) is 34.7 Å². The van der Waals surface area contributed by atoms with Crippen LogP contribution < -0.4 is 5.32 Å². The Bertz CT molecular complexity index is 493. The molecule has 17 heavy (non-hydrogen) atoms. The molecule has 2 heteroatoms. The summed E-state index contributed by atoms with van der Waals surface area (Å²) < 4.78 is 5.62. The van der Waals surface area contributed by atoms with Crippen molar-refractivity contribution in [3.05, 3.63) is 53.0 Å². The molecule has 0 fully saturated rings. The van der Waals surface area contributed by atoms with Gasteiger partial charge in [-0.3, -0.25) is 0 Å². The zero-order chi connectivity index (χ0) is 12.4. The first kappa shape index (κ1) is 11.8. The fourth-order valence-electron chi connectivity index (χ4n) is 2.07. The van der Waals surface area contributed by atoms with Gasteiger partial charge < -0.3 is 9.73 Å². The van der Waals surface area contributed by atoms with E-state index in [4.69, 9.17) is 4.42 Å². The highest BCUT2D eigenvalue weighted by atomic mass is 16.3. The second-order valence-corrected chi connectivity index (χ2v) is 4.69. The van der Waals surface area contributed by atoms with Crippen molar-refractivity contribution in [2.75, 3.05) is 5.32 Å². The van der Waals surface area contributed by atoms with E-state index in [0.717, 1.165) is 17.2 Å². The van der Waals surface area contributed by atoms with Crippen LogP contribution >= 0.6 is 0 Å². The minimum Gasteiger partial charge on any atom is -0.464 e. The van der Waals surface area contributed by atoms with Crippen molar-refractivity contribution >= 4 is 5.69 Å². The van der Waals surface area contributed by atoms with Gasteiger partial charge in [-0.15, -0.1) is 0 Å². The summed E-state index contributed by atoms with van der Waals surface area (Å²) in [5.41, 5.74) is 3.69. The minimum absolute atomic E-state index is 0.185. The summed E-state index contributed by atoms with van der Waals surface area (Å²) in [6, 6.07) is 10.7. The van der Waals surface area contributed by atoms with E-state index in [1.807, 2.05) is 19.1 Å². The Morgan fingerprint density at radius 3 is 2.18 bits per heavy atom. The molecule has 2 aromatic rings. The first-order valence-electron chi connectivity index (χ1n) is 5.96. The fraction of sp³-hybridized carbons (Fsp3) is 0.333. The van der Waals surface area contributed by atoms with E-state index < -0.39 is 0 Å². The summed E-state index contributed by atoms with van der Waals surface area (Å²) in [5, 5.41) is 3.46. The van der Waals surface area contributed by atoms with E-state index in [1.165, 1.54) is 11.1 Å². The molecule has 0 saturated carbocycles. The Balaban J connectivity index is 2.15. The zero-order valence-corrected chi connectivity index (χ0v) is 10.9. The first-order chi connectivity index (χ1) is 8.04. The van der Waals surface area contributed by atoms with E-state index in [-0.39, 0.29) is 6.04 Å². The van der Waals surface area contributed by atoms with Crippen LogP contribution in [0.25, 0.3) is 0 Å². The zero-order valence-electron chi connectivity index (χ0n) is 10.9. The predicted octanol–water partition coefficient (Wildman–Crippen LogP) is 4.38. The third-order valence-corrected chi connectivity index (χ3v) is 2.79. The van der Waals surface area contributed by atoms with Gasteiger partial charge in [-0.2, -0.15) is 0 Å². The van der Waals surface area contributed by atoms with Crippen LogP contribution in [0, 0.1) is 20.8 Å². The van der Waals surface area contributed by atoms with Gasteiger partial charge in [-0.25, -0.2) is 0 Å². The molecular formula is C15H19NO. The second kappa shape index (κ2) is 4.66. The van der Waals surface area contributed by atoms with Crippen molar-refractivity contribution in [1.29, 1.82) is 0 Å². The third kappa shape index (κ3) is 2.90. The normalized spacial score (nSPS) is 12.5. The predicted molar refractivity (Wildman–Crippen MR) is 71.4 cm³/mol. The van der Waals surface area contributed by atoms with Gasteiger partial charge in [0.2, 0.25) is 0 Å². The van der Waals surface area contributed by atoms with Crippen molar-refractivity contribution in [3.8, 4) is 0 Å². The van der Waals surface area contributed by atoms with Crippen molar-refractivity contribution in [1.82, 2.24) is 0 Å². The molecule has 0 bridgehead atoms. The fourth-order valence-corrected chi connectivity index (χ4v) is 2.07. The van der Waals surface area contributed by atoms with Gasteiger partial charge in [0, 0.05) is 5.69 Å². The lowest BCUT2D eigenvalue weighted by Crippen LogP contribution is -2.05. The third-order valence-electron chi connectivity index (χ3n) is 2.79. The van der Waals surface area contributed by atoms with Crippen LogP contribution in [0.5, 0.6) is 0 Å². The minimum atomic E-state index is 0.185. The molecule has 2 nitrogen and oxygen atoms in total. The number of nitrogens with one attached hydrogen (secondary N) is 1. The van der Waals surface area contributed by atoms with E-state index in [1.54, 1.807) is 0 Å². The Morgan fingerprint density at radius 2 is 1.65 bits per heavy atom. The molecule has 0 saturated heterocycles. The number of hydrogen-bond acceptors (Lipinski definition) is 2. The summed E-state index contributed by atoms with van der Waals surface area (Å²) in [4.78, 5) is 0. The SMILES string of the molecule is Cc1cc(C)cc(NC(C)c2ccc(C)o2)c1. The van der Waals surface area contributed by atoms with Crippen LogP contribution in [-0.4, -0.2) is 0 Å². The molecule has 1 aromatic carbocycles. The molecule has 0 radical (unpaired) electrons. The van der Waals surface area contributed by atoms with Crippen molar-refractivity contribution in [3.63, 3.8) is 0 Å². The molecule has 1 N–H and O–H groups in total. The summed E-state index contributed by atoms with van der Waals surface area (Å²) in [6.07, 6.45) is 0. The quantitative estimate of drug-likeness (QED) is 0.845. The topological polar surface area (TPSA) is 25.2 Å². The highest BCUT2D eigenvalue weighted by molar-refractivity contribution is 5.49. The standard InChI is InChI=1S/C15H19NO/c1-10-7-11(2)9-14(8-10)16-13(4)15-6-5-12(3)17-15/h5-9,13,16H,1-4H3. The number of anilines is 1. The van der Waals surface area contributed by atoms with Gasteiger partial charge in [0.05, 0.1) is 6.04 Å². The van der Waals surface area contributed by atoms with Crippen LogP contribution in [0.1, 0.15) is 35.6 Å². The van der Waals surface area contributed by atoms with Gasteiger partial charge in [0.15, 0.2) is 0 Å². The number of furan rings is 1. The van der Waals surface area contributed by atoms with Crippen molar-refractivity contribution in [2.24, 2.45) is 0 Å². The van der Waals surface area contributed by atoms with E-state index in [0.29, 0.717) is 0 Å². The van der Waals surface area contributed by atoms with Crippen LogP contribution in [0.2, 0.25) is 0 Å². The lowest BCUT2D eigenvalue weighted by Gasteiger charge is -2.14. The molecule has 1 unspecified atom stereocenters. The smallest absolute Gasteiger partial charge is 0.126 e. The molecule has 1 heterocycles. The molecule has 90 valence electrons. The summed E-state index contributed by atoms with van der Waals surface area (Å²) in [7, 11) is 0. The molecule has 0 aliphatic carbocycles. The largest absolute Gasteiger partial charge is 0.464 e. The molecule has 2 rings (SSSR count). The Hall–Kier alpha value is -1.70. The molecule has 0 aliphatic rings. The molecule has 0 aliphatic heterocycles. The summed E-state index contributed by atoms with van der Waals surface area (Å²) in [6.45, 7) is 8.29. The molecule has 0 spiro atoms. The maximum atomic E-state index is 5.62. The van der Waals surface area contributed by atoms with Gasteiger partial charge in [0.25, 0.3) is 0 Å². The van der Waals surface area contributed by atoms with Crippen molar-refractivity contribution < 1.29 is 4.42 Å². The lowest BCUT2D eigenvalue weighted by atomic mass is 10.1. The molecule has 1 aromatic heterocycles. The number of rotatable bonds is 3. The number of aryl methyl sites for hydroxylation is 3. The van der Waals surface area contributed by atoms with E-state index in [2.05, 4.69) is 44.3 Å². The van der Waals surface area contributed by atoms with Crippen LogP contribution in [-0.2, 0) is 0 Å². The molecule has 1 atom stereocenters. The van der Waals surface area contributed by atoms with Crippen molar-refractivity contribution in [2.45, 2.75) is 33.7 Å². The average Bonchev–Trinajstić information content (AvgIpc) is 2.63. The Labute approximate surface area is 103 Å². The first-order valence-corrected chi connectivity index (χ1v) is 5.96. The monoisotopic (exact) mass is 229 g/mol. The second-order valence-electron chi connectivity index (χ2n) is 4.69. The molecular weight excluding hydrogens is 210 g/mol. The summed E-state index contributed by atoms with van der Waals surface area (Å²) in [5.74, 6) is 1.93. The van der Waals surface area contributed by atoms with Gasteiger partial charge in [-0.05, 0) is 63.1 Å². The highest BCUT2D eigenvalue weighted by Gasteiger charge is 2.09. The van der Waals surface area contributed by atoms with Crippen LogP contribution in [0.3, 0.4) is 0 Å².